The number of hydrogen-bond donors (Lipinski definition) is 1. The number of hydrogen-bond acceptors (Lipinski definition) is 1. The molecular weight excluding hydrogens is 86.1 g/mol. The average Bonchev–Trinajstić information content (AvgIpc) is 1.69. The van der Waals surface area contributed by atoms with E-state index in [0.717, 1.165) is 5.69 Å². The lowest BCUT2D eigenvalue weighted by molar-refractivity contribution is 1.69. The molecule has 0 aliphatic heterocycles. The molecule has 0 fully saturated rings. The Morgan fingerprint density at radius 3 is 2.00 bits per heavy atom. The Bertz CT molecular complexity index is 138. The minimum absolute atomic E-state index is 0. The summed E-state index contributed by atoms with van der Waals surface area (Å²) in [5, 5.41) is 0. The van der Waals surface area contributed by atoms with E-state index < -0.39 is 0 Å². The molecule has 0 aliphatic rings. The van der Waals surface area contributed by atoms with E-state index in [4.69, 9.17) is 5.73 Å². The Morgan fingerprint density at radius 2 is 1.71 bits per heavy atom. The van der Waals surface area contributed by atoms with Crippen molar-refractivity contribution in [3.05, 3.63) is 30.3 Å². The first-order valence-corrected chi connectivity index (χ1v) is 2.20. The fourth-order valence-electron chi connectivity index (χ4n) is 0.453. The fourth-order valence-corrected chi connectivity index (χ4v) is 0.453. The van der Waals surface area contributed by atoms with Gasteiger partial charge in [0.15, 0.2) is 0 Å². The van der Waals surface area contributed by atoms with Gasteiger partial charge in [0.25, 0.3) is 0 Å². The van der Waals surface area contributed by atoms with Gasteiger partial charge in [-0.05, 0) is 12.1 Å². The predicted octanol–water partition coefficient (Wildman–Crippen LogP) is 1.38. The fraction of sp³-hybridized carbons (Fsp3) is 0. The normalized spacial score (nSPS) is 8.57. The van der Waals surface area contributed by atoms with Crippen LogP contribution in [0.3, 0.4) is 0 Å². The van der Waals surface area contributed by atoms with E-state index in [9.17, 15) is 0 Å². The quantitative estimate of drug-likeness (QED) is 0.483. The molecule has 0 spiro atoms. The van der Waals surface area contributed by atoms with E-state index in [1.54, 1.807) is 0 Å². The van der Waals surface area contributed by atoms with Crippen LogP contribution in [0.2, 0.25) is 0 Å². The maximum atomic E-state index is 5.36. The average molecular weight is 94.1 g/mol. The molecule has 0 aromatic heterocycles. The number of benzene rings is 1. The third-order valence-corrected chi connectivity index (χ3v) is 0.800. The minimum atomic E-state index is 0. The number of para-hydroxylation sites is 1. The highest BCUT2D eigenvalue weighted by molar-refractivity contribution is 5.35. The topological polar surface area (TPSA) is 26.0 Å². The monoisotopic (exact) mass is 94.1 g/mol. The number of rotatable bonds is 0. The van der Waals surface area contributed by atoms with E-state index in [1.165, 1.54) is 0 Å². The third-order valence-electron chi connectivity index (χ3n) is 0.800. The van der Waals surface area contributed by atoms with Gasteiger partial charge in [0.05, 0.1) is 0 Å². The maximum absolute atomic E-state index is 5.36. The smallest absolute Gasteiger partial charge is 0.399 e. The molecule has 1 aromatic carbocycles. The molecule has 0 radical (unpaired) electrons. The standard InChI is InChI=1S/C6H7N/c7-6-4-2-1-3-5-6/h1-5H,7H2/p+1. The first-order valence-electron chi connectivity index (χ1n) is 2.20. The van der Waals surface area contributed by atoms with E-state index >= 15 is 0 Å². The lowest BCUT2D eigenvalue weighted by Gasteiger charge is -1.83. The van der Waals surface area contributed by atoms with Gasteiger partial charge in [-0.2, -0.15) is 0 Å². The van der Waals surface area contributed by atoms with Gasteiger partial charge in [0.2, 0.25) is 0 Å². The SMILES string of the molecule is Nc1ccccc1.[H+]. The molecule has 1 rings (SSSR count). The molecule has 0 amide bonds. The second-order valence-corrected chi connectivity index (χ2v) is 1.41. The summed E-state index contributed by atoms with van der Waals surface area (Å²) in [4.78, 5) is 0. The summed E-state index contributed by atoms with van der Waals surface area (Å²) in [5.74, 6) is 0. The van der Waals surface area contributed by atoms with Crippen LogP contribution in [0.4, 0.5) is 5.69 Å². The van der Waals surface area contributed by atoms with Crippen molar-refractivity contribution in [2.24, 2.45) is 0 Å². The zero-order valence-corrected chi connectivity index (χ0v) is 3.96. The van der Waals surface area contributed by atoms with Crippen LogP contribution in [0.5, 0.6) is 0 Å². The molecule has 0 saturated heterocycles. The van der Waals surface area contributed by atoms with Crippen LogP contribution in [-0.2, 0) is 0 Å². The van der Waals surface area contributed by atoms with E-state index in [1.807, 2.05) is 30.3 Å². The largest absolute Gasteiger partial charge is 1.00 e. The van der Waals surface area contributed by atoms with Gasteiger partial charge in [-0.1, -0.05) is 18.2 Å². The molecule has 1 aromatic rings. The molecule has 0 atom stereocenters. The molecule has 0 saturated carbocycles. The van der Waals surface area contributed by atoms with Crippen molar-refractivity contribution in [3.63, 3.8) is 0 Å². The molecular formula is C6H8N+. The number of anilines is 1. The zero-order chi connectivity index (χ0) is 5.11. The van der Waals surface area contributed by atoms with Crippen LogP contribution in [0.15, 0.2) is 30.3 Å². The van der Waals surface area contributed by atoms with Crippen molar-refractivity contribution in [2.45, 2.75) is 0 Å². The number of nitrogen functional groups attached to an aromatic ring is 1. The Hall–Kier alpha value is -0.980. The molecule has 7 heavy (non-hydrogen) atoms. The summed E-state index contributed by atoms with van der Waals surface area (Å²) in [6, 6.07) is 9.49. The Kier molecular flexibility index (Phi) is 0.984. The maximum Gasteiger partial charge on any atom is 1.00 e. The number of nitrogens with two attached hydrogens (primary N) is 1. The first kappa shape index (κ1) is 4.19. The van der Waals surface area contributed by atoms with Crippen molar-refractivity contribution in [2.75, 3.05) is 5.73 Å². The Morgan fingerprint density at radius 1 is 1.14 bits per heavy atom. The second-order valence-electron chi connectivity index (χ2n) is 1.41. The molecule has 36 valence electrons. The molecule has 0 bridgehead atoms. The molecule has 0 unspecified atom stereocenters. The second kappa shape index (κ2) is 1.65. The predicted molar refractivity (Wildman–Crippen MR) is 32.0 cm³/mol. The Balaban J connectivity index is 0.000000490. The van der Waals surface area contributed by atoms with Gasteiger partial charge in [-0.3, -0.25) is 0 Å². The van der Waals surface area contributed by atoms with Gasteiger partial charge >= 0.3 is 1.43 Å². The summed E-state index contributed by atoms with van der Waals surface area (Å²) in [7, 11) is 0. The summed E-state index contributed by atoms with van der Waals surface area (Å²) in [5.41, 5.74) is 6.18. The summed E-state index contributed by atoms with van der Waals surface area (Å²) in [6.45, 7) is 0. The molecule has 0 heterocycles. The van der Waals surface area contributed by atoms with Crippen molar-refractivity contribution in [1.82, 2.24) is 0 Å². The summed E-state index contributed by atoms with van der Waals surface area (Å²) >= 11 is 0. The van der Waals surface area contributed by atoms with Gasteiger partial charge < -0.3 is 5.73 Å². The molecule has 1 nitrogen and oxygen atoms in total. The van der Waals surface area contributed by atoms with Gasteiger partial charge in [-0.25, -0.2) is 0 Å². The van der Waals surface area contributed by atoms with Gasteiger partial charge in [0, 0.05) is 5.69 Å². The molecule has 2 N–H and O–H groups in total. The molecule has 0 aliphatic carbocycles. The molecule has 1 heteroatoms. The highest BCUT2D eigenvalue weighted by Crippen LogP contribution is 1.95. The van der Waals surface area contributed by atoms with Crippen LogP contribution < -0.4 is 5.73 Å². The minimum Gasteiger partial charge on any atom is -0.399 e. The third kappa shape index (κ3) is 0.929. The van der Waals surface area contributed by atoms with Crippen molar-refractivity contribution >= 4 is 5.69 Å². The van der Waals surface area contributed by atoms with Crippen LogP contribution >= 0.6 is 0 Å². The highest BCUT2D eigenvalue weighted by atomic mass is 14.5. The van der Waals surface area contributed by atoms with E-state index in [-0.39, 0.29) is 1.43 Å². The van der Waals surface area contributed by atoms with Crippen LogP contribution in [0.1, 0.15) is 1.43 Å². The lowest BCUT2D eigenvalue weighted by Crippen LogP contribution is -1.79. The highest BCUT2D eigenvalue weighted by Gasteiger charge is 1.72. The van der Waals surface area contributed by atoms with Crippen molar-refractivity contribution < 1.29 is 1.43 Å². The van der Waals surface area contributed by atoms with Crippen LogP contribution in [0.25, 0.3) is 0 Å². The van der Waals surface area contributed by atoms with E-state index in [2.05, 4.69) is 0 Å². The van der Waals surface area contributed by atoms with E-state index in [0.29, 0.717) is 0 Å². The van der Waals surface area contributed by atoms with Crippen LogP contribution in [-0.4, -0.2) is 0 Å². The first-order chi connectivity index (χ1) is 3.39. The Labute approximate surface area is 44.3 Å². The lowest BCUT2D eigenvalue weighted by atomic mass is 10.3. The summed E-state index contributed by atoms with van der Waals surface area (Å²) in [6.07, 6.45) is 0. The van der Waals surface area contributed by atoms with Gasteiger partial charge in [-0.15, -0.1) is 0 Å². The summed E-state index contributed by atoms with van der Waals surface area (Å²) < 4.78 is 0. The van der Waals surface area contributed by atoms with Crippen molar-refractivity contribution in [1.29, 1.82) is 0 Å². The van der Waals surface area contributed by atoms with Gasteiger partial charge in [0.1, 0.15) is 0 Å². The zero-order valence-electron chi connectivity index (χ0n) is 4.96. The van der Waals surface area contributed by atoms with Crippen molar-refractivity contribution in [3.8, 4) is 0 Å². The van der Waals surface area contributed by atoms with Crippen LogP contribution in [0, 0.1) is 0 Å².